The summed E-state index contributed by atoms with van der Waals surface area (Å²) < 4.78 is 0. The van der Waals surface area contributed by atoms with Crippen molar-refractivity contribution in [2.24, 2.45) is 11.8 Å². The first-order valence-electron chi connectivity index (χ1n) is 7.53. The Morgan fingerprint density at radius 1 is 1.20 bits per heavy atom. The fourth-order valence-corrected chi connectivity index (χ4v) is 2.52. The van der Waals surface area contributed by atoms with Crippen molar-refractivity contribution in [3.63, 3.8) is 0 Å². The molecule has 20 heavy (non-hydrogen) atoms. The molecule has 110 valence electrons. The summed E-state index contributed by atoms with van der Waals surface area (Å²) in [5, 5.41) is 3.41. The summed E-state index contributed by atoms with van der Waals surface area (Å²) in [6.45, 7) is 11.5. The number of nitrogens with one attached hydrogen (secondary N) is 1. The Bertz CT molecular complexity index is 466. The van der Waals surface area contributed by atoms with Gasteiger partial charge in [0.15, 0.2) is 0 Å². The van der Waals surface area contributed by atoms with Crippen LogP contribution in [-0.2, 0) is 4.79 Å². The van der Waals surface area contributed by atoms with E-state index in [4.69, 9.17) is 0 Å². The van der Waals surface area contributed by atoms with Crippen molar-refractivity contribution < 1.29 is 4.79 Å². The first-order chi connectivity index (χ1) is 9.40. The monoisotopic (exact) mass is 274 g/mol. The fraction of sp³-hybridized carbons (Fsp3) is 0.588. The predicted molar refractivity (Wildman–Crippen MR) is 82.2 cm³/mol. The number of amides is 1. The van der Waals surface area contributed by atoms with Gasteiger partial charge in [0.25, 0.3) is 0 Å². The van der Waals surface area contributed by atoms with Crippen molar-refractivity contribution in [2.45, 2.75) is 46.8 Å². The van der Waals surface area contributed by atoms with Crippen LogP contribution in [0.15, 0.2) is 24.3 Å². The number of hydrogen-bond donors (Lipinski definition) is 1. The van der Waals surface area contributed by atoms with Gasteiger partial charge in [-0.1, -0.05) is 50.6 Å². The van der Waals surface area contributed by atoms with E-state index in [1.807, 2.05) is 11.8 Å². The van der Waals surface area contributed by atoms with Gasteiger partial charge in [-0.05, 0) is 31.2 Å². The minimum absolute atomic E-state index is 0.0132. The Hall–Kier alpha value is -1.35. The number of hydrogen-bond acceptors (Lipinski definition) is 2. The van der Waals surface area contributed by atoms with E-state index in [1.165, 1.54) is 11.1 Å². The van der Waals surface area contributed by atoms with E-state index in [0.29, 0.717) is 11.8 Å². The number of carbonyl (C=O) groups excluding carboxylic acids is 1. The smallest absolute Gasteiger partial charge is 0.241 e. The van der Waals surface area contributed by atoms with Crippen molar-refractivity contribution in [3.8, 4) is 0 Å². The van der Waals surface area contributed by atoms with Crippen LogP contribution in [0.4, 0.5) is 0 Å². The molecule has 2 rings (SSSR count). The standard InChI is InChI=1S/C17H26N2O/c1-11(2)13(4)10-19-16(18-14(5)17(19)20)15-8-6-12(3)7-9-15/h6-9,11,13-14,16,18H,10H2,1-5H3. The molecule has 0 bridgehead atoms. The first kappa shape index (κ1) is 15.0. The van der Waals surface area contributed by atoms with Crippen LogP contribution in [0.25, 0.3) is 0 Å². The summed E-state index contributed by atoms with van der Waals surface area (Å²) in [6.07, 6.45) is 0.0132. The topological polar surface area (TPSA) is 32.3 Å². The van der Waals surface area contributed by atoms with Crippen molar-refractivity contribution in [3.05, 3.63) is 35.4 Å². The average Bonchev–Trinajstić information content (AvgIpc) is 2.68. The third kappa shape index (κ3) is 3.04. The predicted octanol–water partition coefficient (Wildman–Crippen LogP) is 3.11. The molecule has 1 amide bonds. The Morgan fingerprint density at radius 2 is 1.80 bits per heavy atom. The Labute approximate surface area is 122 Å². The van der Waals surface area contributed by atoms with Gasteiger partial charge in [-0.3, -0.25) is 10.1 Å². The second-order valence-corrected chi connectivity index (χ2v) is 6.41. The van der Waals surface area contributed by atoms with Crippen molar-refractivity contribution in [1.82, 2.24) is 10.2 Å². The summed E-state index contributed by atoms with van der Waals surface area (Å²) >= 11 is 0. The van der Waals surface area contributed by atoms with Crippen LogP contribution in [-0.4, -0.2) is 23.4 Å². The quantitative estimate of drug-likeness (QED) is 0.915. The van der Waals surface area contributed by atoms with Gasteiger partial charge < -0.3 is 4.90 Å². The van der Waals surface area contributed by atoms with Gasteiger partial charge >= 0.3 is 0 Å². The lowest BCUT2D eigenvalue weighted by molar-refractivity contribution is -0.130. The number of rotatable bonds is 4. The van der Waals surface area contributed by atoms with E-state index in [-0.39, 0.29) is 18.1 Å². The highest BCUT2D eigenvalue weighted by molar-refractivity contribution is 5.84. The molecule has 0 aliphatic carbocycles. The zero-order chi connectivity index (χ0) is 14.9. The lowest BCUT2D eigenvalue weighted by Gasteiger charge is -2.29. The van der Waals surface area contributed by atoms with Gasteiger partial charge in [0.2, 0.25) is 5.91 Å². The molecule has 1 aromatic rings. The Kier molecular flexibility index (Phi) is 4.48. The maximum Gasteiger partial charge on any atom is 0.241 e. The number of benzene rings is 1. The maximum absolute atomic E-state index is 12.4. The van der Waals surface area contributed by atoms with Crippen molar-refractivity contribution >= 4 is 5.91 Å². The van der Waals surface area contributed by atoms with Crippen molar-refractivity contribution in [2.75, 3.05) is 6.54 Å². The van der Waals surface area contributed by atoms with E-state index in [0.717, 1.165) is 6.54 Å². The SMILES string of the molecule is Cc1ccc(C2NC(C)C(=O)N2CC(C)C(C)C)cc1. The van der Waals surface area contributed by atoms with E-state index in [9.17, 15) is 4.79 Å². The van der Waals surface area contributed by atoms with E-state index < -0.39 is 0 Å². The normalized spacial score (nSPS) is 24.5. The molecule has 1 aromatic carbocycles. The molecular weight excluding hydrogens is 248 g/mol. The molecule has 0 saturated carbocycles. The molecule has 0 radical (unpaired) electrons. The zero-order valence-corrected chi connectivity index (χ0v) is 13.2. The van der Waals surface area contributed by atoms with Crippen LogP contribution in [0.2, 0.25) is 0 Å². The summed E-state index contributed by atoms with van der Waals surface area (Å²) in [5.74, 6) is 1.29. The van der Waals surface area contributed by atoms with Gasteiger partial charge in [0, 0.05) is 6.54 Å². The zero-order valence-electron chi connectivity index (χ0n) is 13.2. The Balaban J connectivity index is 2.21. The fourth-order valence-electron chi connectivity index (χ4n) is 2.52. The lowest BCUT2D eigenvalue weighted by Crippen LogP contribution is -2.35. The molecule has 3 unspecified atom stereocenters. The van der Waals surface area contributed by atoms with Gasteiger partial charge in [0.1, 0.15) is 6.17 Å². The lowest BCUT2D eigenvalue weighted by atomic mass is 9.97. The highest BCUT2D eigenvalue weighted by Crippen LogP contribution is 2.27. The molecule has 3 heteroatoms. The van der Waals surface area contributed by atoms with Gasteiger partial charge in [0.05, 0.1) is 6.04 Å². The molecule has 1 aliphatic rings. The van der Waals surface area contributed by atoms with Crippen LogP contribution in [0, 0.1) is 18.8 Å². The molecule has 1 heterocycles. The van der Waals surface area contributed by atoms with E-state index in [2.05, 4.69) is 57.3 Å². The third-order valence-corrected chi connectivity index (χ3v) is 4.39. The minimum Gasteiger partial charge on any atom is -0.321 e. The van der Waals surface area contributed by atoms with Gasteiger partial charge in [-0.2, -0.15) is 0 Å². The van der Waals surface area contributed by atoms with Gasteiger partial charge in [-0.15, -0.1) is 0 Å². The number of carbonyl (C=O) groups is 1. The number of aryl methyl sites for hydroxylation is 1. The van der Waals surface area contributed by atoms with Crippen molar-refractivity contribution in [1.29, 1.82) is 0 Å². The molecule has 1 aliphatic heterocycles. The first-order valence-corrected chi connectivity index (χ1v) is 7.53. The van der Waals surface area contributed by atoms with Crippen LogP contribution in [0.1, 0.15) is 45.0 Å². The summed E-state index contributed by atoms with van der Waals surface area (Å²) in [7, 11) is 0. The third-order valence-electron chi connectivity index (χ3n) is 4.39. The molecule has 0 aromatic heterocycles. The molecule has 1 N–H and O–H groups in total. The van der Waals surface area contributed by atoms with Crippen LogP contribution in [0.3, 0.4) is 0 Å². The van der Waals surface area contributed by atoms with Crippen LogP contribution in [0.5, 0.6) is 0 Å². The second-order valence-electron chi connectivity index (χ2n) is 6.41. The summed E-state index contributed by atoms with van der Waals surface area (Å²) in [4.78, 5) is 14.4. The highest BCUT2D eigenvalue weighted by Gasteiger charge is 2.37. The molecule has 3 nitrogen and oxygen atoms in total. The van der Waals surface area contributed by atoms with Crippen LogP contribution >= 0.6 is 0 Å². The van der Waals surface area contributed by atoms with E-state index in [1.54, 1.807) is 0 Å². The Morgan fingerprint density at radius 3 is 2.35 bits per heavy atom. The van der Waals surface area contributed by atoms with E-state index >= 15 is 0 Å². The molecule has 3 atom stereocenters. The summed E-state index contributed by atoms with van der Waals surface area (Å²) in [6, 6.07) is 8.35. The van der Waals surface area contributed by atoms with Crippen LogP contribution < -0.4 is 5.32 Å². The largest absolute Gasteiger partial charge is 0.321 e. The molecule has 1 fully saturated rings. The average molecular weight is 274 g/mol. The summed E-state index contributed by atoms with van der Waals surface area (Å²) in [5.41, 5.74) is 2.41. The van der Waals surface area contributed by atoms with Gasteiger partial charge in [-0.25, -0.2) is 0 Å². The number of nitrogens with zero attached hydrogens (tertiary/aromatic N) is 1. The molecule has 0 spiro atoms. The molecular formula is C17H26N2O. The molecule has 1 saturated heterocycles. The maximum atomic E-state index is 12.4. The highest BCUT2D eigenvalue weighted by atomic mass is 16.2. The second kappa shape index (κ2) is 5.96. The minimum atomic E-state index is -0.0966.